The fourth-order valence-electron chi connectivity index (χ4n) is 3.56. The zero-order valence-electron chi connectivity index (χ0n) is 14.2. The van der Waals surface area contributed by atoms with Gasteiger partial charge >= 0.3 is 11.1 Å². The van der Waals surface area contributed by atoms with E-state index in [4.69, 9.17) is 0 Å². The number of H-pyrrole nitrogens is 2. The molecule has 1 aromatic carbocycles. The Labute approximate surface area is 150 Å². The highest BCUT2D eigenvalue weighted by Crippen LogP contribution is 2.34. The van der Waals surface area contributed by atoms with Crippen molar-refractivity contribution in [2.24, 2.45) is 0 Å². The zero-order chi connectivity index (χ0) is 19.0. The number of hydrogen-bond donors (Lipinski definition) is 3. The fourth-order valence-corrected chi connectivity index (χ4v) is 3.56. The fraction of sp³-hybridized carbons (Fsp3) is 0.400. The van der Waals surface area contributed by atoms with E-state index in [1.165, 1.54) is 10.6 Å². The third-order valence-electron chi connectivity index (χ3n) is 4.70. The lowest BCUT2D eigenvalue weighted by Crippen LogP contribution is -2.40. The number of nitrogens with zero attached hydrogens (tertiary/aromatic N) is 5. The maximum atomic E-state index is 12.5. The highest BCUT2D eigenvalue weighted by molar-refractivity contribution is 5.83. The Morgan fingerprint density at radius 2 is 2.04 bits per heavy atom. The molecule has 0 atom stereocenters. The Kier molecular flexibility index (Phi) is 4.24. The predicted molar refractivity (Wildman–Crippen MR) is 93.1 cm³/mol. The maximum absolute atomic E-state index is 12.5. The van der Waals surface area contributed by atoms with Crippen LogP contribution in [0.5, 0.6) is 0 Å². The molecule has 4 rings (SSSR count). The van der Waals surface area contributed by atoms with Gasteiger partial charge in [-0.15, -0.1) is 5.10 Å². The molecule has 3 N–H and O–H groups in total. The van der Waals surface area contributed by atoms with Crippen LogP contribution in [0.25, 0.3) is 11.0 Å². The Morgan fingerprint density at radius 1 is 1.26 bits per heavy atom. The average molecular weight is 372 g/mol. The van der Waals surface area contributed by atoms with Crippen LogP contribution in [-0.4, -0.2) is 35.1 Å². The van der Waals surface area contributed by atoms with Crippen LogP contribution in [0.1, 0.15) is 29.8 Å². The SMILES string of the molecule is O=c1[nH]c2cc([N+](=O)[O-])c3c(c2n(CNCc2nnn[nH]2)c1=O)CCCC3. The molecule has 1 aliphatic rings. The minimum atomic E-state index is -0.823. The first kappa shape index (κ1) is 17.0. The molecule has 0 bridgehead atoms. The molecule has 2 aromatic heterocycles. The van der Waals surface area contributed by atoms with Crippen LogP contribution >= 0.6 is 0 Å². The number of benzene rings is 1. The highest BCUT2D eigenvalue weighted by Gasteiger charge is 2.26. The summed E-state index contributed by atoms with van der Waals surface area (Å²) in [6.45, 7) is 0.313. The smallest absolute Gasteiger partial charge is 0.316 e. The summed E-state index contributed by atoms with van der Waals surface area (Å²) >= 11 is 0. The van der Waals surface area contributed by atoms with Gasteiger partial charge in [0.2, 0.25) is 0 Å². The van der Waals surface area contributed by atoms with E-state index in [1.807, 2.05) is 0 Å². The first-order chi connectivity index (χ1) is 13.1. The van der Waals surface area contributed by atoms with Gasteiger partial charge in [-0.3, -0.25) is 29.6 Å². The molecule has 2 heterocycles. The van der Waals surface area contributed by atoms with Gasteiger partial charge in [-0.2, -0.15) is 0 Å². The van der Waals surface area contributed by atoms with Gasteiger partial charge in [-0.05, 0) is 41.7 Å². The van der Waals surface area contributed by atoms with Gasteiger partial charge in [0.05, 0.1) is 29.2 Å². The molecule has 27 heavy (non-hydrogen) atoms. The number of aryl methyl sites for hydroxylation is 1. The van der Waals surface area contributed by atoms with E-state index < -0.39 is 16.0 Å². The molecule has 140 valence electrons. The van der Waals surface area contributed by atoms with Crippen LogP contribution in [0.4, 0.5) is 5.69 Å². The number of aromatic nitrogens is 6. The third-order valence-corrected chi connectivity index (χ3v) is 4.70. The van der Waals surface area contributed by atoms with E-state index in [0.717, 1.165) is 18.4 Å². The van der Waals surface area contributed by atoms with Crippen molar-refractivity contribution >= 4 is 16.7 Å². The highest BCUT2D eigenvalue weighted by atomic mass is 16.6. The lowest BCUT2D eigenvalue weighted by molar-refractivity contribution is -0.385. The topological polar surface area (TPSA) is 164 Å². The van der Waals surface area contributed by atoms with Crippen LogP contribution in [-0.2, 0) is 26.1 Å². The van der Waals surface area contributed by atoms with Gasteiger partial charge in [0.1, 0.15) is 0 Å². The van der Waals surface area contributed by atoms with Crippen molar-refractivity contribution < 1.29 is 4.92 Å². The number of nitro benzene ring substituents is 1. The first-order valence-corrected chi connectivity index (χ1v) is 8.45. The number of nitro groups is 1. The van der Waals surface area contributed by atoms with Crippen LogP contribution in [0.15, 0.2) is 15.7 Å². The minimum absolute atomic E-state index is 0.0151. The summed E-state index contributed by atoms with van der Waals surface area (Å²) in [6.07, 6.45) is 2.91. The summed E-state index contributed by atoms with van der Waals surface area (Å²) in [5, 5.41) is 27.7. The van der Waals surface area contributed by atoms with Gasteiger partial charge in [0.25, 0.3) is 5.69 Å². The molecular weight excluding hydrogens is 356 g/mol. The van der Waals surface area contributed by atoms with Gasteiger partial charge in [0, 0.05) is 11.6 Å². The monoisotopic (exact) mass is 372 g/mol. The van der Waals surface area contributed by atoms with Crippen molar-refractivity contribution in [1.29, 1.82) is 0 Å². The summed E-state index contributed by atoms with van der Waals surface area (Å²) < 4.78 is 1.33. The van der Waals surface area contributed by atoms with Crippen molar-refractivity contribution in [3.05, 3.63) is 53.8 Å². The summed E-state index contributed by atoms with van der Waals surface area (Å²) in [6, 6.07) is 1.34. The molecule has 0 aliphatic heterocycles. The molecule has 0 spiro atoms. The van der Waals surface area contributed by atoms with Crippen LogP contribution in [0.2, 0.25) is 0 Å². The first-order valence-electron chi connectivity index (χ1n) is 8.45. The number of fused-ring (bicyclic) bond motifs is 3. The number of nitrogens with one attached hydrogen (secondary N) is 3. The van der Waals surface area contributed by atoms with E-state index in [1.54, 1.807) is 0 Å². The zero-order valence-corrected chi connectivity index (χ0v) is 14.2. The lowest BCUT2D eigenvalue weighted by atomic mass is 9.89. The molecule has 1 aliphatic carbocycles. The normalized spacial score (nSPS) is 13.6. The van der Waals surface area contributed by atoms with Crippen molar-refractivity contribution in [3.8, 4) is 0 Å². The number of hydrogen-bond acceptors (Lipinski definition) is 8. The van der Waals surface area contributed by atoms with E-state index in [-0.39, 0.29) is 24.4 Å². The van der Waals surface area contributed by atoms with Crippen molar-refractivity contribution in [2.75, 3.05) is 0 Å². The minimum Gasteiger partial charge on any atom is -0.316 e. The van der Waals surface area contributed by atoms with E-state index in [0.29, 0.717) is 29.7 Å². The molecule has 3 aromatic rings. The average Bonchev–Trinajstić information content (AvgIpc) is 3.17. The predicted octanol–water partition coefficient (Wildman–Crippen LogP) is -0.263. The van der Waals surface area contributed by atoms with Crippen LogP contribution in [0, 0.1) is 10.1 Å². The summed E-state index contributed by atoms with van der Waals surface area (Å²) in [7, 11) is 0. The second-order valence-corrected chi connectivity index (χ2v) is 6.33. The molecule has 0 amide bonds. The molecule has 0 saturated heterocycles. The maximum Gasteiger partial charge on any atom is 0.317 e. The summed E-state index contributed by atoms with van der Waals surface area (Å²) in [5.74, 6) is 0.481. The Balaban J connectivity index is 1.86. The molecule has 12 nitrogen and oxygen atoms in total. The standard InChI is InChI=1S/C15H16N8O4/c24-14-15(25)22(7-16-6-12-18-20-21-19-12)13-9-4-2-1-3-8(9)11(23(26)27)5-10(13)17-14/h5,16H,1-4,6-7H2,(H,17,24)(H,18,19,20,21). The van der Waals surface area contributed by atoms with Gasteiger partial charge in [0.15, 0.2) is 5.82 Å². The Morgan fingerprint density at radius 3 is 2.74 bits per heavy atom. The molecular formula is C15H16N8O4. The lowest BCUT2D eigenvalue weighted by Gasteiger charge is -2.20. The Bertz CT molecular complexity index is 1130. The summed E-state index contributed by atoms with van der Waals surface area (Å²) in [4.78, 5) is 38.1. The quantitative estimate of drug-likeness (QED) is 0.313. The number of tetrazole rings is 1. The van der Waals surface area contributed by atoms with Crippen LogP contribution in [0.3, 0.4) is 0 Å². The second kappa shape index (κ2) is 6.72. The molecule has 0 radical (unpaired) electrons. The van der Waals surface area contributed by atoms with Gasteiger partial charge in [-0.1, -0.05) is 0 Å². The molecule has 0 unspecified atom stereocenters. The van der Waals surface area contributed by atoms with Crippen molar-refractivity contribution in [3.63, 3.8) is 0 Å². The van der Waals surface area contributed by atoms with Crippen LogP contribution < -0.4 is 16.4 Å². The van der Waals surface area contributed by atoms with Crippen molar-refractivity contribution in [1.82, 2.24) is 35.5 Å². The summed E-state index contributed by atoms with van der Waals surface area (Å²) in [5.41, 5.74) is 0.653. The molecule has 12 heteroatoms. The van der Waals surface area contributed by atoms with E-state index >= 15 is 0 Å². The van der Waals surface area contributed by atoms with E-state index in [2.05, 4.69) is 30.9 Å². The number of rotatable bonds is 5. The Hall–Kier alpha value is -3.41. The molecule has 0 fully saturated rings. The van der Waals surface area contributed by atoms with Crippen molar-refractivity contribution in [2.45, 2.75) is 38.9 Å². The number of aromatic amines is 2. The molecule has 0 saturated carbocycles. The third kappa shape index (κ3) is 2.99. The van der Waals surface area contributed by atoms with Gasteiger partial charge in [-0.25, -0.2) is 5.10 Å². The largest absolute Gasteiger partial charge is 0.317 e. The van der Waals surface area contributed by atoms with Gasteiger partial charge < -0.3 is 4.98 Å². The van der Waals surface area contributed by atoms with E-state index in [9.17, 15) is 19.7 Å². The second-order valence-electron chi connectivity index (χ2n) is 6.33.